The molecule has 1 aromatic heterocycles. The van der Waals surface area contributed by atoms with Crippen LogP contribution in [0.5, 0.6) is 5.75 Å². The van der Waals surface area contributed by atoms with Gasteiger partial charge in [-0.2, -0.15) is 0 Å². The number of thiazole rings is 1. The molecule has 0 atom stereocenters. The number of nitro benzene ring substituents is 1. The number of aromatic nitrogens is 1. The highest BCUT2D eigenvalue weighted by molar-refractivity contribution is 7.09. The van der Waals surface area contributed by atoms with Crippen molar-refractivity contribution in [3.8, 4) is 5.75 Å². The average Bonchev–Trinajstić information content (AvgIpc) is 2.89. The Morgan fingerprint density at radius 1 is 1.50 bits per heavy atom. The minimum absolute atomic E-state index is 0.0716. The van der Waals surface area contributed by atoms with Crippen LogP contribution in [0.1, 0.15) is 10.4 Å². The minimum atomic E-state index is -0.474. The molecular weight excluding hydrogens is 276 g/mol. The predicted octanol–water partition coefficient (Wildman–Crippen LogP) is 3.37. The summed E-state index contributed by atoms with van der Waals surface area (Å²) in [4.78, 5) is 15.3. The highest BCUT2D eigenvalue weighted by Crippen LogP contribution is 2.29. The van der Waals surface area contributed by atoms with Crippen LogP contribution in [-0.2, 0) is 12.5 Å². The Labute approximate surface area is 112 Å². The van der Waals surface area contributed by atoms with E-state index in [1.54, 1.807) is 23.8 Å². The summed E-state index contributed by atoms with van der Waals surface area (Å²) < 4.78 is 5.43. The van der Waals surface area contributed by atoms with Crippen LogP contribution in [0.2, 0.25) is 0 Å². The monoisotopic (exact) mass is 284 g/mol. The molecule has 0 unspecified atom stereocenters. The van der Waals surface area contributed by atoms with E-state index in [2.05, 4.69) is 4.98 Å². The first kappa shape index (κ1) is 12.8. The van der Waals surface area contributed by atoms with Crippen LogP contribution in [0.4, 0.5) is 5.69 Å². The topological polar surface area (TPSA) is 65.3 Å². The Bertz CT molecular complexity index is 545. The molecule has 0 aliphatic rings. The summed E-state index contributed by atoms with van der Waals surface area (Å²) in [6.07, 6.45) is 1.67. The van der Waals surface area contributed by atoms with E-state index < -0.39 is 4.92 Å². The zero-order valence-electron chi connectivity index (χ0n) is 9.21. The van der Waals surface area contributed by atoms with Crippen molar-refractivity contribution in [2.24, 2.45) is 0 Å². The highest BCUT2D eigenvalue weighted by Gasteiger charge is 2.16. The van der Waals surface area contributed by atoms with Crippen LogP contribution in [0.25, 0.3) is 0 Å². The van der Waals surface area contributed by atoms with Gasteiger partial charge >= 0.3 is 5.69 Å². The Kier molecular flexibility index (Phi) is 4.11. The molecule has 1 aromatic carbocycles. The number of hydrogen-bond donors (Lipinski definition) is 0. The van der Waals surface area contributed by atoms with E-state index in [9.17, 15) is 10.1 Å². The number of alkyl halides is 1. The van der Waals surface area contributed by atoms with Crippen LogP contribution in [-0.4, -0.2) is 9.91 Å². The average molecular weight is 285 g/mol. The lowest BCUT2D eigenvalue weighted by molar-refractivity contribution is -0.386. The van der Waals surface area contributed by atoms with Crippen LogP contribution >= 0.6 is 22.9 Å². The molecule has 18 heavy (non-hydrogen) atoms. The predicted molar refractivity (Wildman–Crippen MR) is 69.1 cm³/mol. The Balaban J connectivity index is 2.18. The number of rotatable bonds is 5. The molecule has 7 heteroatoms. The van der Waals surface area contributed by atoms with Gasteiger partial charge in [0.15, 0.2) is 5.75 Å². The first-order valence-electron chi connectivity index (χ1n) is 5.04. The third-order valence-electron chi connectivity index (χ3n) is 2.23. The van der Waals surface area contributed by atoms with Gasteiger partial charge in [-0.3, -0.25) is 15.1 Å². The van der Waals surface area contributed by atoms with E-state index >= 15 is 0 Å². The number of ether oxygens (including phenoxy) is 1. The molecule has 0 bridgehead atoms. The maximum absolute atomic E-state index is 10.9. The number of halogens is 1. The molecule has 0 spiro atoms. The van der Waals surface area contributed by atoms with E-state index in [1.807, 2.05) is 0 Å². The second-order valence-corrected chi connectivity index (χ2v) is 4.69. The third-order valence-corrected chi connectivity index (χ3v) is 3.29. The SMILES string of the molecule is O=[N+]([O-])c1cc(CCl)ccc1OCc1cncs1. The summed E-state index contributed by atoms with van der Waals surface area (Å²) in [7, 11) is 0. The van der Waals surface area contributed by atoms with Gasteiger partial charge in [-0.1, -0.05) is 6.07 Å². The smallest absolute Gasteiger partial charge is 0.311 e. The van der Waals surface area contributed by atoms with E-state index in [4.69, 9.17) is 16.3 Å². The molecule has 2 aromatic rings. The molecule has 94 valence electrons. The van der Waals surface area contributed by atoms with Crippen molar-refractivity contribution >= 4 is 28.6 Å². The fourth-order valence-electron chi connectivity index (χ4n) is 1.37. The maximum atomic E-state index is 10.9. The molecule has 2 rings (SSSR count). The van der Waals surface area contributed by atoms with Crippen molar-refractivity contribution in [3.63, 3.8) is 0 Å². The zero-order chi connectivity index (χ0) is 13.0. The molecule has 0 aliphatic heterocycles. The van der Waals surface area contributed by atoms with Gasteiger partial charge in [-0.05, 0) is 11.6 Å². The lowest BCUT2D eigenvalue weighted by Crippen LogP contribution is -1.98. The van der Waals surface area contributed by atoms with E-state index in [0.29, 0.717) is 5.56 Å². The lowest BCUT2D eigenvalue weighted by Gasteiger charge is -2.06. The van der Waals surface area contributed by atoms with Crippen molar-refractivity contribution in [2.45, 2.75) is 12.5 Å². The van der Waals surface area contributed by atoms with Gasteiger partial charge in [-0.25, -0.2) is 0 Å². The van der Waals surface area contributed by atoms with Gasteiger partial charge in [0.2, 0.25) is 0 Å². The molecule has 0 saturated carbocycles. The van der Waals surface area contributed by atoms with E-state index in [1.165, 1.54) is 17.4 Å². The van der Waals surface area contributed by atoms with E-state index in [0.717, 1.165) is 4.88 Å². The van der Waals surface area contributed by atoms with Crippen molar-refractivity contribution < 1.29 is 9.66 Å². The van der Waals surface area contributed by atoms with Crippen LogP contribution in [0.3, 0.4) is 0 Å². The fourth-order valence-corrected chi connectivity index (χ4v) is 2.05. The number of benzene rings is 1. The van der Waals surface area contributed by atoms with Crippen molar-refractivity contribution in [3.05, 3.63) is 50.5 Å². The second-order valence-electron chi connectivity index (χ2n) is 3.45. The molecule has 0 amide bonds. The van der Waals surface area contributed by atoms with Crippen LogP contribution < -0.4 is 4.74 Å². The Hall–Kier alpha value is -1.66. The van der Waals surface area contributed by atoms with E-state index in [-0.39, 0.29) is 23.9 Å². The summed E-state index contributed by atoms with van der Waals surface area (Å²) in [6, 6.07) is 4.70. The number of hydrogen-bond acceptors (Lipinski definition) is 5. The molecule has 0 aliphatic carbocycles. The van der Waals surface area contributed by atoms with Gasteiger partial charge in [0.05, 0.1) is 15.3 Å². The van der Waals surface area contributed by atoms with Gasteiger partial charge in [-0.15, -0.1) is 22.9 Å². The zero-order valence-corrected chi connectivity index (χ0v) is 10.8. The summed E-state index contributed by atoms with van der Waals surface area (Å²) in [5.41, 5.74) is 2.30. The first-order chi connectivity index (χ1) is 8.70. The third kappa shape index (κ3) is 2.96. The van der Waals surface area contributed by atoms with Crippen molar-refractivity contribution in [1.29, 1.82) is 0 Å². The van der Waals surface area contributed by atoms with Gasteiger partial charge in [0, 0.05) is 18.1 Å². The maximum Gasteiger partial charge on any atom is 0.311 e. The van der Waals surface area contributed by atoms with Gasteiger partial charge in [0.25, 0.3) is 0 Å². The minimum Gasteiger partial charge on any atom is -0.481 e. The Morgan fingerprint density at radius 3 is 2.94 bits per heavy atom. The summed E-state index contributed by atoms with van der Waals surface area (Å²) >= 11 is 7.08. The molecular formula is C11H9ClN2O3S. The quantitative estimate of drug-likeness (QED) is 0.480. The normalized spacial score (nSPS) is 10.3. The molecule has 0 radical (unpaired) electrons. The summed E-state index contributed by atoms with van der Waals surface area (Å²) in [5, 5.41) is 10.9. The van der Waals surface area contributed by atoms with Crippen molar-refractivity contribution in [1.82, 2.24) is 4.98 Å². The molecule has 5 nitrogen and oxygen atoms in total. The number of nitrogens with zero attached hydrogens (tertiary/aromatic N) is 2. The largest absolute Gasteiger partial charge is 0.481 e. The molecule has 0 saturated heterocycles. The summed E-state index contributed by atoms with van der Waals surface area (Å²) in [6.45, 7) is 0.270. The first-order valence-corrected chi connectivity index (χ1v) is 6.45. The van der Waals surface area contributed by atoms with Gasteiger partial charge < -0.3 is 4.74 Å². The molecule has 0 N–H and O–H groups in total. The summed E-state index contributed by atoms with van der Waals surface area (Å²) in [5.74, 6) is 0.470. The van der Waals surface area contributed by atoms with Gasteiger partial charge in [0.1, 0.15) is 6.61 Å². The standard InChI is InChI=1S/C11H9ClN2O3S/c12-4-8-1-2-11(10(3-8)14(15)16)17-6-9-5-13-7-18-9/h1-3,5,7H,4,6H2. The highest BCUT2D eigenvalue weighted by atomic mass is 35.5. The lowest BCUT2D eigenvalue weighted by atomic mass is 10.2. The Morgan fingerprint density at radius 2 is 2.33 bits per heavy atom. The second kappa shape index (κ2) is 5.79. The van der Waals surface area contributed by atoms with Crippen molar-refractivity contribution in [2.75, 3.05) is 0 Å². The van der Waals surface area contributed by atoms with Crippen LogP contribution in [0, 0.1) is 10.1 Å². The molecule has 0 fully saturated rings. The van der Waals surface area contributed by atoms with Crippen LogP contribution in [0.15, 0.2) is 29.9 Å². The number of nitro groups is 1. The fraction of sp³-hybridized carbons (Fsp3) is 0.182. The molecule has 1 heterocycles.